The third-order valence-electron chi connectivity index (χ3n) is 4.91. The van der Waals surface area contributed by atoms with Crippen LogP contribution in [0.15, 0.2) is 30.3 Å². The number of amides is 1. The second kappa shape index (κ2) is 7.28. The maximum Gasteiger partial charge on any atom is 0.244 e. The molecule has 1 aromatic heterocycles. The van der Waals surface area contributed by atoms with Gasteiger partial charge in [0, 0.05) is 31.9 Å². The summed E-state index contributed by atoms with van der Waals surface area (Å²) in [5.41, 5.74) is 2.57. The number of aromatic nitrogens is 2. The predicted octanol–water partition coefficient (Wildman–Crippen LogP) is 2.07. The molecule has 2 aromatic rings. The van der Waals surface area contributed by atoms with Gasteiger partial charge in [0.15, 0.2) is 6.29 Å². The minimum absolute atomic E-state index is 0.0190. The molecular formula is C19H23FN4O3. The van der Waals surface area contributed by atoms with Crippen LogP contribution in [0.5, 0.6) is 0 Å². The van der Waals surface area contributed by atoms with Crippen molar-refractivity contribution in [2.24, 2.45) is 0 Å². The molecule has 2 fully saturated rings. The third kappa shape index (κ3) is 3.81. The normalized spacial score (nSPS) is 22.6. The van der Waals surface area contributed by atoms with E-state index in [-0.39, 0.29) is 24.6 Å². The Kier molecular flexibility index (Phi) is 4.84. The number of aryl methyl sites for hydroxylation is 1. The van der Waals surface area contributed by atoms with Crippen molar-refractivity contribution >= 4 is 11.6 Å². The van der Waals surface area contributed by atoms with E-state index in [1.807, 2.05) is 24.8 Å². The number of anilines is 1. The second-order valence-corrected chi connectivity index (χ2v) is 6.88. The van der Waals surface area contributed by atoms with Gasteiger partial charge in [-0.3, -0.25) is 9.48 Å². The molecule has 3 heterocycles. The third-order valence-corrected chi connectivity index (χ3v) is 4.91. The molecule has 2 aliphatic heterocycles. The summed E-state index contributed by atoms with van der Waals surface area (Å²) in [5.74, 6) is -0.225. The Morgan fingerprint density at radius 1 is 1.19 bits per heavy atom. The average Bonchev–Trinajstić information content (AvgIpc) is 2.99. The highest BCUT2D eigenvalue weighted by molar-refractivity contribution is 5.76. The zero-order valence-corrected chi connectivity index (χ0v) is 15.5. The van der Waals surface area contributed by atoms with Crippen molar-refractivity contribution in [2.75, 3.05) is 31.1 Å². The van der Waals surface area contributed by atoms with Crippen molar-refractivity contribution in [1.82, 2.24) is 14.7 Å². The summed E-state index contributed by atoms with van der Waals surface area (Å²) in [6.45, 7) is 6.56. The van der Waals surface area contributed by atoms with Gasteiger partial charge in [0.25, 0.3) is 0 Å². The number of carbonyl (C=O) groups excluding carboxylic acids is 1. The second-order valence-electron chi connectivity index (χ2n) is 6.88. The minimum atomic E-state index is -0.454. The average molecular weight is 374 g/mol. The van der Waals surface area contributed by atoms with Gasteiger partial charge >= 0.3 is 0 Å². The van der Waals surface area contributed by atoms with Crippen LogP contribution in [0.1, 0.15) is 24.6 Å². The highest BCUT2D eigenvalue weighted by atomic mass is 19.1. The van der Waals surface area contributed by atoms with Crippen LogP contribution in [0.2, 0.25) is 0 Å². The first kappa shape index (κ1) is 17.9. The van der Waals surface area contributed by atoms with E-state index in [1.54, 1.807) is 16.8 Å². The van der Waals surface area contributed by atoms with E-state index in [0.717, 1.165) is 17.1 Å². The minimum Gasteiger partial charge on any atom is -0.368 e. The molecule has 0 spiro atoms. The fourth-order valence-corrected chi connectivity index (χ4v) is 3.47. The van der Waals surface area contributed by atoms with Gasteiger partial charge in [-0.25, -0.2) is 4.39 Å². The van der Waals surface area contributed by atoms with Gasteiger partial charge in [-0.05, 0) is 44.2 Å². The largest absolute Gasteiger partial charge is 0.368 e. The quantitative estimate of drug-likeness (QED) is 0.820. The van der Waals surface area contributed by atoms with E-state index in [9.17, 15) is 9.18 Å². The number of benzene rings is 1. The molecule has 0 saturated carbocycles. The van der Waals surface area contributed by atoms with Crippen molar-refractivity contribution < 1.29 is 18.7 Å². The molecule has 2 saturated heterocycles. The Morgan fingerprint density at radius 3 is 2.48 bits per heavy atom. The Labute approximate surface area is 157 Å². The molecule has 0 unspecified atom stereocenters. The van der Waals surface area contributed by atoms with Gasteiger partial charge in [-0.15, -0.1) is 0 Å². The van der Waals surface area contributed by atoms with E-state index in [1.165, 1.54) is 12.1 Å². The Balaban J connectivity index is 1.35. The van der Waals surface area contributed by atoms with Crippen molar-refractivity contribution in [3.8, 4) is 0 Å². The van der Waals surface area contributed by atoms with Gasteiger partial charge in [0.05, 0.1) is 11.4 Å². The number of hydrogen-bond donors (Lipinski definition) is 0. The molecule has 1 amide bonds. The maximum atomic E-state index is 13.1. The lowest BCUT2D eigenvalue weighted by Gasteiger charge is -2.36. The number of piperazine rings is 1. The first-order valence-electron chi connectivity index (χ1n) is 9.13. The number of carbonyl (C=O) groups is 1. The van der Waals surface area contributed by atoms with Crippen molar-refractivity contribution in [1.29, 1.82) is 0 Å². The first-order chi connectivity index (χ1) is 13.0. The zero-order chi connectivity index (χ0) is 19.0. The summed E-state index contributed by atoms with van der Waals surface area (Å²) < 4.78 is 25.8. The lowest BCUT2D eigenvalue weighted by Crippen LogP contribution is -2.49. The van der Waals surface area contributed by atoms with Crippen LogP contribution in [0.4, 0.5) is 10.1 Å². The topological polar surface area (TPSA) is 59.8 Å². The molecule has 0 bridgehead atoms. The van der Waals surface area contributed by atoms with Crippen LogP contribution in [-0.4, -0.2) is 53.1 Å². The summed E-state index contributed by atoms with van der Waals surface area (Å²) in [4.78, 5) is 16.7. The first-order valence-corrected chi connectivity index (χ1v) is 9.13. The Bertz CT molecular complexity index is 809. The van der Waals surface area contributed by atoms with Crippen LogP contribution in [0.25, 0.3) is 0 Å². The van der Waals surface area contributed by atoms with Gasteiger partial charge < -0.3 is 19.3 Å². The van der Waals surface area contributed by atoms with Gasteiger partial charge in [0.2, 0.25) is 12.2 Å². The van der Waals surface area contributed by atoms with E-state index in [2.05, 4.69) is 10.00 Å². The van der Waals surface area contributed by atoms with Crippen LogP contribution >= 0.6 is 0 Å². The molecule has 0 radical (unpaired) electrons. The Hall–Kier alpha value is -2.45. The molecule has 8 heteroatoms. The molecule has 0 atom stereocenters. The number of ether oxygens (including phenoxy) is 2. The molecule has 1 aromatic carbocycles. The van der Waals surface area contributed by atoms with Crippen molar-refractivity contribution in [2.45, 2.75) is 33.0 Å². The lowest BCUT2D eigenvalue weighted by molar-refractivity contribution is -0.384. The molecule has 7 nitrogen and oxygen atoms in total. The van der Waals surface area contributed by atoms with E-state index in [0.29, 0.717) is 26.2 Å². The summed E-state index contributed by atoms with van der Waals surface area (Å²) in [6.07, 6.45) is -0.682. The monoisotopic (exact) mass is 374 g/mol. The van der Waals surface area contributed by atoms with Crippen LogP contribution in [-0.2, 0) is 20.8 Å². The van der Waals surface area contributed by atoms with Crippen LogP contribution < -0.4 is 4.90 Å². The molecule has 27 heavy (non-hydrogen) atoms. The fourth-order valence-electron chi connectivity index (χ4n) is 3.47. The molecule has 4 rings (SSSR count). The van der Waals surface area contributed by atoms with E-state index >= 15 is 0 Å². The number of hydrogen-bond acceptors (Lipinski definition) is 5. The van der Waals surface area contributed by atoms with Gasteiger partial charge in [-0.2, -0.15) is 5.10 Å². The highest BCUT2D eigenvalue weighted by Gasteiger charge is 2.32. The summed E-state index contributed by atoms with van der Waals surface area (Å²) in [7, 11) is 0. The highest BCUT2D eigenvalue weighted by Crippen LogP contribution is 2.31. The molecular weight excluding hydrogens is 351 g/mol. The van der Waals surface area contributed by atoms with Crippen molar-refractivity contribution in [3.63, 3.8) is 0 Å². The van der Waals surface area contributed by atoms with Gasteiger partial charge in [0.1, 0.15) is 12.4 Å². The van der Waals surface area contributed by atoms with Crippen LogP contribution in [0, 0.1) is 12.7 Å². The summed E-state index contributed by atoms with van der Waals surface area (Å²) in [6, 6.07) is 8.34. The summed E-state index contributed by atoms with van der Waals surface area (Å²) in [5, 5.41) is 4.41. The molecule has 0 aliphatic carbocycles. The molecule has 2 aliphatic rings. The van der Waals surface area contributed by atoms with E-state index in [4.69, 9.17) is 9.47 Å². The number of halogens is 1. The number of nitrogens with zero attached hydrogens (tertiary/aromatic N) is 4. The van der Waals surface area contributed by atoms with E-state index < -0.39 is 6.29 Å². The standard InChI is InChI=1S/C19H23FN4O3/c1-13-11-17(19-26-14(2)27-19)24(21-13)12-18(25)23-9-7-22(8-10-23)16-5-3-15(20)4-6-16/h3-6,11,14,19H,7-10,12H2,1-2H3. The molecule has 0 N–H and O–H groups in total. The van der Waals surface area contributed by atoms with Crippen molar-refractivity contribution in [3.05, 3.63) is 47.5 Å². The zero-order valence-electron chi connectivity index (χ0n) is 15.5. The van der Waals surface area contributed by atoms with Crippen LogP contribution in [0.3, 0.4) is 0 Å². The maximum absolute atomic E-state index is 13.1. The Morgan fingerprint density at radius 2 is 1.85 bits per heavy atom. The number of rotatable bonds is 4. The predicted molar refractivity (Wildman–Crippen MR) is 96.5 cm³/mol. The SMILES string of the molecule is Cc1cc(C2OC(C)O2)n(CC(=O)N2CCN(c3ccc(F)cc3)CC2)n1. The fraction of sp³-hybridized carbons (Fsp3) is 0.474. The molecule has 144 valence electrons. The summed E-state index contributed by atoms with van der Waals surface area (Å²) >= 11 is 0. The smallest absolute Gasteiger partial charge is 0.244 e. The lowest BCUT2D eigenvalue weighted by atomic mass is 10.2. The van der Waals surface area contributed by atoms with Gasteiger partial charge in [-0.1, -0.05) is 0 Å².